The van der Waals surface area contributed by atoms with Gasteiger partial charge in [-0.25, -0.2) is 0 Å². The van der Waals surface area contributed by atoms with Gasteiger partial charge in [-0.05, 0) is 47.9 Å². The zero-order chi connectivity index (χ0) is 12.8. The number of hydrogen-bond donors (Lipinski definition) is 2. The second-order valence-corrected chi connectivity index (χ2v) is 6.14. The lowest BCUT2D eigenvalue weighted by atomic mass is 9.87. The van der Waals surface area contributed by atoms with Gasteiger partial charge in [0.25, 0.3) is 0 Å². The van der Waals surface area contributed by atoms with E-state index in [9.17, 15) is 5.11 Å². The minimum Gasteiger partial charge on any atom is -0.508 e. The quantitative estimate of drug-likeness (QED) is 0.835. The number of rotatable bonds is 1. The number of aromatic hydroxyl groups is 1. The van der Waals surface area contributed by atoms with Gasteiger partial charge in [0.2, 0.25) is 0 Å². The molecule has 0 spiro atoms. The third-order valence-electron chi connectivity index (χ3n) is 3.95. The molecule has 1 aliphatic carbocycles. The molecule has 0 radical (unpaired) electrons. The highest BCUT2D eigenvalue weighted by Crippen LogP contribution is 2.41. The van der Waals surface area contributed by atoms with Crippen molar-refractivity contribution in [2.75, 3.05) is 0 Å². The van der Waals surface area contributed by atoms with Crippen LogP contribution < -0.4 is 5.73 Å². The van der Waals surface area contributed by atoms with Crippen LogP contribution in [0.1, 0.15) is 31.2 Å². The molecule has 0 aromatic heterocycles. The highest BCUT2D eigenvalue weighted by molar-refractivity contribution is 9.10. The molecule has 2 aromatic rings. The van der Waals surface area contributed by atoms with Crippen LogP contribution in [0, 0.1) is 0 Å². The Hall–Kier alpha value is -1.06. The Morgan fingerprint density at radius 3 is 2.50 bits per heavy atom. The summed E-state index contributed by atoms with van der Waals surface area (Å²) in [5, 5.41) is 12.4. The van der Waals surface area contributed by atoms with Crippen molar-refractivity contribution in [2.45, 2.75) is 31.2 Å². The number of fused-ring (bicyclic) bond motifs is 1. The van der Waals surface area contributed by atoms with E-state index in [4.69, 9.17) is 5.73 Å². The van der Waals surface area contributed by atoms with Crippen LogP contribution in [0.25, 0.3) is 10.8 Å². The van der Waals surface area contributed by atoms with Crippen molar-refractivity contribution in [2.24, 2.45) is 5.73 Å². The molecule has 0 heterocycles. The van der Waals surface area contributed by atoms with Crippen molar-refractivity contribution < 1.29 is 5.11 Å². The fraction of sp³-hybridized carbons (Fsp3) is 0.333. The average Bonchev–Trinajstić information content (AvgIpc) is 2.77. The van der Waals surface area contributed by atoms with Gasteiger partial charge in [0.15, 0.2) is 0 Å². The summed E-state index contributed by atoms with van der Waals surface area (Å²) in [4.78, 5) is 0. The lowest BCUT2D eigenvalue weighted by Crippen LogP contribution is -2.33. The van der Waals surface area contributed by atoms with Crippen LogP contribution in [0.5, 0.6) is 5.75 Å². The summed E-state index contributed by atoms with van der Waals surface area (Å²) < 4.78 is 1.05. The van der Waals surface area contributed by atoms with E-state index in [1.807, 2.05) is 24.3 Å². The first-order chi connectivity index (χ1) is 8.58. The molecule has 0 atom stereocenters. The van der Waals surface area contributed by atoms with Crippen molar-refractivity contribution >= 4 is 26.7 Å². The summed E-state index contributed by atoms with van der Waals surface area (Å²) in [5.74, 6) is 0.328. The van der Waals surface area contributed by atoms with Gasteiger partial charge in [0.05, 0.1) is 0 Å². The predicted octanol–water partition coefficient (Wildman–Crippen LogP) is 4.04. The maximum Gasteiger partial charge on any atom is 0.121 e. The summed E-state index contributed by atoms with van der Waals surface area (Å²) >= 11 is 3.48. The summed E-state index contributed by atoms with van der Waals surface area (Å²) in [6.07, 6.45) is 4.21. The van der Waals surface area contributed by atoms with Crippen molar-refractivity contribution in [1.29, 1.82) is 0 Å². The van der Waals surface area contributed by atoms with Gasteiger partial charge in [-0.15, -0.1) is 0 Å². The number of nitrogens with two attached hydrogens (primary N) is 1. The van der Waals surface area contributed by atoms with E-state index in [1.54, 1.807) is 0 Å². The molecule has 0 amide bonds. The summed E-state index contributed by atoms with van der Waals surface area (Å²) in [7, 11) is 0. The topological polar surface area (TPSA) is 46.2 Å². The molecule has 0 aliphatic heterocycles. The highest BCUT2D eigenvalue weighted by atomic mass is 79.9. The van der Waals surface area contributed by atoms with Crippen LogP contribution in [-0.4, -0.2) is 5.11 Å². The molecular formula is C15H16BrNO. The third kappa shape index (κ3) is 1.91. The van der Waals surface area contributed by atoms with E-state index >= 15 is 0 Å². The number of halogens is 1. The minimum atomic E-state index is -0.347. The van der Waals surface area contributed by atoms with E-state index in [1.165, 1.54) is 0 Å². The summed E-state index contributed by atoms with van der Waals surface area (Å²) in [6.45, 7) is 0. The van der Waals surface area contributed by atoms with Crippen molar-refractivity contribution in [3.05, 3.63) is 40.4 Å². The van der Waals surface area contributed by atoms with Crippen molar-refractivity contribution in [1.82, 2.24) is 0 Å². The summed E-state index contributed by atoms with van der Waals surface area (Å²) in [6, 6.07) is 9.91. The highest BCUT2D eigenvalue weighted by Gasteiger charge is 2.33. The van der Waals surface area contributed by atoms with Gasteiger partial charge in [0.1, 0.15) is 5.75 Å². The predicted molar refractivity (Wildman–Crippen MR) is 77.6 cm³/mol. The lowest BCUT2D eigenvalue weighted by Gasteiger charge is -2.25. The Bertz CT molecular complexity index is 603. The van der Waals surface area contributed by atoms with E-state index in [-0.39, 0.29) is 5.54 Å². The number of phenolic OH excluding ortho intramolecular Hbond substituents is 1. The smallest absolute Gasteiger partial charge is 0.121 e. The normalized spacial score (nSPS) is 18.3. The Labute approximate surface area is 115 Å². The minimum absolute atomic E-state index is 0.328. The Kier molecular flexibility index (Phi) is 2.83. The first kappa shape index (κ1) is 12.0. The number of hydrogen-bond acceptors (Lipinski definition) is 2. The van der Waals surface area contributed by atoms with Crippen LogP contribution in [0.3, 0.4) is 0 Å². The van der Waals surface area contributed by atoms with Gasteiger partial charge in [0, 0.05) is 15.6 Å². The molecular weight excluding hydrogens is 290 g/mol. The van der Waals surface area contributed by atoms with E-state index in [0.29, 0.717) is 5.75 Å². The van der Waals surface area contributed by atoms with Crippen LogP contribution in [0.15, 0.2) is 34.8 Å². The third-order valence-corrected chi connectivity index (χ3v) is 4.44. The first-order valence-electron chi connectivity index (χ1n) is 6.30. The van der Waals surface area contributed by atoms with Crippen LogP contribution in [0.4, 0.5) is 0 Å². The molecule has 2 aromatic carbocycles. The lowest BCUT2D eigenvalue weighted by molar-refractivity contribution is 0.410. The van der Waals surface area contributed by atoms with Gasteiger partial charge in [-0.2, -0.15) is 0 Å². The molecule has 1 aliphatic rings. The summed E-state index contributed by atoms with van der Waals surface area (Å²) in [5.41, 5.74) is 6.99. The Balaban J connectivity index is 2.20. The molecule has 0 saturated heterocycles. The fourth-order valence-corrected chi connectivity index (χ4v) is 3.31. The zero-order valence-corrected chi connectivity index (χ0v) is 11.7. The molecule has 2 nitrogen and oxygen atoms in total. The van der Waals surface area contributed by atoms with Crippen LogP contribution >= 0.6 is 15.9 Å². The van der Waals surface area contributed by atoms with E-state index < -0.39 is 0 Å². The Morgan fingerprint density at radius 1 is 1.06 bits per heavy atom. The molecule has 0 unspecified atom stereocenters. The molecule has 3 N–H and O–H groups in total. The molecule has 0 bridgehead atoms. The van der Waals surface area contributed by atoms with Gasteiger partial charge in [-0.3, -0.25) is 0 Å². The van der Waals surface area contributed by atoms with Gasteiger partial charge in [-0.1, -0.05) is 34.8 Å². The number of benzene rings is 2. The van der Waals surface area contributed by atoms with Gasteiger partial charge < -0.3 is 10.8 Å². The average molecular weight is 306 g/mol. The zero-order valence-electron chi connectivity index (χ0n) is 10.1. The monoisotopic (exact) mass is 305 g/mol. The van der Waals surface area contributed by atoms with Crippen molar-refractivity contribution in [3.8, 4) is 5.75 Å². The number of phenols is 1. The first-order valence-corrected chi connectivity index (χ1v) is 7.09. The van der Waals surface area contributed by atoms with Crippen LogP contribution in [-0.2, 0) is 5.54 Å². The van der Waals surface area contributed by atoms with E-state index in [0.717, 1.165) is 46.5 Å². The molecule has 94 valence electrons. The Morgan fingerprint density at radius 2 is 1.78 bits per heavy atom. The van der Waals surface area contributed by atoms with Crippen molar-refractivity contribution in [3.63, 3.8) is 0 Å². The molecule has 18 heavy (non-hydrogen) atoms. The van der Waals surface area contributed by atoms with Crippen LogP contribution in [0.2, 0.25) is 0 Å². The second kappa shape index (κ2) is 4.25. The largest absolute Gasteiger partial charge is 0.508 e. The standard InChI is InChI=1S/C15H16BrNO/c16-12-4-3-10-9-14(18)13(8-11(10)7-12)15(17)5-1-2-6-15/h3-4,7-9,18H,1-2,5-6,17H2. The van der Waals surface area contributed by atoms with Gasteiger partial charge >= 0.3 is 0 Å². The van der Waals surface area contributed by atoms with E-state index in [2.05, 4.69) is 22.0 Å². The molecule has 1 fully saturated rings. The molecule has 3 heteroatoms. The second-order valence-electron chi connectivity index (χ2n) is 5.22. The maximum absolute atomic E-state index is 10.2. The molecule has 1 saturated carbocycles. The molecule has 3 rings (SSSR count). The fourth-order valence-electron chi connectivity index (χ4n) is 2.93. The maximum atomic E-state index is 10.2. The SMILES string of the molecule is NC1(c2cc3cc(Br)ccc3cc2O)CCCC1.